The Bertz CT molecular complexity index is 368. The van der Waals surface area contributed by atoms with E-state index >= 15 is 0 Å². The van der Waals surface area contributed by atoms with E-state index in [4.69, 9.17) is 6.42 Å². The van der Waals surface area contributed by atoms with Gasteiger partial charge in [-0.25, -0.2) is 0 Å². The predicted octanol–water partition coefficient (Wildman–Crippen LogP) is 2.08. The molecule has 0 aliphatic carbocycles. The molecule has 0 bridgehead atoms. The first-order valence-electron chi connectivity index (χ1n) is 3.76. The molecule has 0 saturated heterocycles. The van der Waals surface area contributed by atoms with Crippen molar-refractivity contribution in [3.05, 3.63) is 41.5 Å². The molecule has 0 aliphatic rings. The lowest BCUT2D eigenvalue weighted by Gasteiger charge is -1.92. The molecule has 0 saturated carbocycles. The van der Waals surface area contributed by atoms with Gasteiger partial charge in [-0.15, -0.1) is 6.42 Å². The number of hydrogen-bond donors (Lipinski definition) is 0. The van der Waals surface area contributed by atoms with Crippen molar-refractivity contribution >= 4 is 20.8 Å². The fraction of sp³-hybridized carbons (Fsp3) is 0. The van der Waals surface area contributed by atoms with E-state index in [2.05, 4.69) is 15.2 Å². The minimum atomic E-state index is -0.0407. The summed E-state index contributed by atoms with van der Waals surface area (Å²) in [5, 5.41) is 0. The van der Waals surface area contributed by atoms with Gasteiger partial charge < -0.3 is 0 Å². The van der Waals surface area contributed by atoms with Crippen LogP contribution in [0.25, 0.3) is 6.08 Å². The SMILES string of the molecule is C#Cc1ccc(/C=C/C(=O)P)cc1. The summed E-state index contributed by atoms with van der Waals surface area (Å²) in [6, 6.07) is 7.43. The Morgan fingerprint density at radius 2 is 2.00 bits per heavy atom. The zero-order valence-electron chi connectivity index (χ0n) is 7.03. The van der Waals surface area contributed by atoms with Crippen LogP contribution in [0.15, 0.2) is 30.3 Å². The van der Waals surface area contributed by atoms with Crippen molar-refractivity contribution < 1.29 is 4.79 Å². The van der Waals surface area contributed by atoms with Crippen molar-refractivity contribution in [3.8, 4) is 12.3 Å². The van der Waals surface area contributed by atoms with Crippen LogP contribution in [0.1, 0.15) is 11.1 Å². The van der Waals surface area contributed by atoms with Gasteiger partial charge in [-0.1, -0.05) is 33.4 Å². The summed E-state index contributed by atoms with van der Waals surface area (Å²) >= 11 is 0. The van der Waals surface area contributed by atoms with Crippen molar-refractivity contribution in [2.45, 2.75) is 0 Å². The minimum absolute atomic E-state index is 0.0407. The largest absolute Gasteiger partial charge is 0.290 e. The molecule has 64 valence electrons. The number of benzene rings is 1. The van der Waals surface area contributed by atoms with Gasteiger partial charge in [0.25, 0.3) is 0 Å². The molecule has 1 aromatic rings. The van der Waals surface area contributed by atoms with Crippen LogP contribution in [0.3, 0.4) is 0 Å². The third-order valence-corrected chi connectivity index (χ3v) is 1.71. The number of allylic oxidation sites excluding steroid dienone is 1. The van der Waals surface area contributed by atoms with Gasteiger partial charge in [-0.2, -0.15) is 0 Å². The van der Waals surface area contributed by atoms with Gasteiger partial charge in [0, 0.05) is 5.56 Å². The lowest BCUT2D eigenvalue weighted by molar-refractivity contribution is -0.107. The van der Waals surface area contributed by atoms with Crippen LogP contribution in [0.5, 0.6) is 0 Å². The molecule has 13 heavy (non-hydrogen) atoms. The fourth-order valence-corrected chi connectivity index (χ4v) is 0.965. The highest BCUT2D eigenvalue weighted by Crippen LogP contribution is 2.05. The van der Waals surface area contributed by atoms with E-state index in [1.165, 1.54) is 6.08 Å². The molecule has 0 N–H and O–H groups in total. The molecule has 0 amide bonds. The molecule has 0 fully saturated rings. The standard InChI is InChI=1S/C11H9OP/c1-2-9-3-5-10(6-4-9)7-8-11(12)13/h1,3-8H,13H2/b8-7+. The number of terminal acetylenes is 1. The first-order valence-corrected chi connectivity index (χ1v) is 4.34. The summed E-state index contributed by atoms with van der Waals surface area (Å²) < 4.78 is 0. The summed E-state index contributed by atoms with van der Waals surface area (Å²) in [5.41, 5.74) is 1.77. The molecule has 1 unspecified atom stereocenters. The highest BCUT2D eigenvalue weighted by molar-refractivity contribution is 7.41. The zero-order valence-corrected chi connectivity index (χ0v) is 8.18. The van der Waals surface area contributed by atoms with Crippen molar-refractivity contribution in [1.29, 1.82) is 0 Å². The Balaban J connectivity index is 2.82. The maximum absolute atomic E-state index is 10.6. The van der Waals surface area contributed by atoms with Gasteiger partial charge in [0.1, 0.15) is 0 Å². The van der Waals surface area contributed by atoms with E-state index in [0.717, 1.165) is 11.1 Å². The van der Waals surface area contributed by atoms with Crippen molar-refractivity contribution in [2.24, 2.45) is 0 Å². The van der Waals surface area contributed by atoms with Crippen LogP contribution >= 0.6 is 9.24 Å². The first-order chi connectivity index (χ1) is 6.22. The number of carbonyl (C=O) groups excluding carboxylic acids is 1. The fourth-order valence-electron chi connectivity index (χ4n) is 0.869. The second kappa shape index (κ2) is 4.60. The lowest BCUT2D eigenvalue weighted by Crippen LogP contribution is -1.77. The predicted molar refractivity (Wildman–Crippen MR) is 58.1 cm³/mol. The second-order valence-electron chi connectivity index (χ2n) is 2.50. The monoisotopic (exact) mass is 188 g/mol. The average molecular weight is 188 g/mol. The molecule has 0 aromatic heterocycles. The Morgan fingerprint density at radius 3 is 2.46 bits per heavy atom. The van der Waals surface area contributed by atoms with Crippen LogP contribution in [0, 0.1) is 12.3 Å². The maximum Gasteiger partial charge on any atom is 0.170 e. The zero-order chi connectivity index (χ0) is 9.68. The van der Waals surface area contributed by atoms with Crippen molar-refractivity contribution in [1.82, 2.24) is 0 Å². The van der Waals surface area contributed by atoms with Crippen LogP contribution in [0.4, 0.5) is 0 Å². The topological polar surface area (TPSA) is 17.1 Å². The second-order valence-corrected chi connectivity index (χ2v) is 3.07. The Morgan fingerprint density at radius 1 is 1.38 bits per heavy atom. The van der Waals surface area contributed by atoms with Gasteiger partial charge in [-0.3, -0.25) is 4.79 Å². The van der Waals surface area contributed by atoms with Gasteiger partial charge >= 0.3 is 0 Å². The molecule has 1 rings (SSSR count). The summed E-state index contributed by atoms with van der Waals surface area (Å²) in [6.07, 6.45) is 8.44. The Hall–Kier alpha value is -1.38. The molecule has 0 radical (unpaired) electrons. The van der Waals surface area contributed by atoms with E-state index in [-0.39, 0.29) is 5.52 Å². The molecule has 1 atom stereocenters. The Kier molecular flexibility index (Phi) is 3.43. The number of hydrogen-bond acceptors (Lipinski definition) is 1. The molecule has 0 heterocycles. The quantitative estimate of drug-likeness (QED) is 0.394. The van der Waals surface area contributed by atoms with Crippen molar-refractivity contribution in [2.75, 3.05) is 0 Å². The summed E-state index contributed by atoms with van der Waals surface area (Å²) in [7, 11) is 2.09. The summed E-state index contributed by atoms with van der Waals surface area (Å²) in [4.78, 5) is 10.6. The third kappa shape index (κ3) is 3.23. The molecule has 0 spiro atoms. The first kappa shape index (κ1) is 9.71. The van der Waals surface area contributed by atoms with Gasteiger partial charge in [0.05, 0.1) is 0 Å². The molecular formula is C11H9OP. The van der Waals surface area contributed by atoms with Gasteiger partial charge in [0.2, 0.25) is 0 Å². The average Bonchev–Trinajstić information content (AvgIpc) is 2.15. The molecule has 0 aliphatic heterocycles. The van der Waals surface area contributed by atoms with Gasteiger partial charge in [-0.05, 0) is 23.8 Å². The molecule has 1 nitrogen and oxygen atoms in total. The van der Waals surface area contributed by atoms with E-state index in [0.29, 0.717) is 0 Å². The minimum Gasteiger partial charge on any atom is -0.290 e. The molecule has 1 aromatic carbocycles. The van der Waals surface area contributed by atoms with E-state index in [1.807, 2.05) is 24.3 Å². The highest BCUT2D eigenvalue weighted by Gasteiger charge is 1.88. The maximum atomic E-state index is 10.6. The van der Waals surface area contributed by atoms with Crippen LogP contribution in [0.2, 0.25) is 0 Å². The van der Waals surface area contributed by atoms with Crippen LogP contribution in [-0.4, -0.2) is 5.52 Å². The van der Waals surface area contributed by atoms with E-state index in [9.17, 15) is 4.79 Å². The molecular weight excluding hydrogens is 179 g/mol. The van der Waals surface area contributed by atoms with Crippen LogP contribution < -0.4 is 0 Å². The Labute approximate surface area is 80.1 Å². The molecule has 2 heteroatoms. The van der Waals surface area contributed by atoms with Crippen LogP contribution in [-0.2, 0) is 4.79 Å². The van der Waals surface area contributed by atoms with E-state index in [1.54, 1.807) is 6.08 Å². The van der Waals surface area contributed by atoms with E-state index < -0.39 is 0 Å². The smallest absolute Gasteiger partial charge is 0.170 e. The lowest BCUT2D eigenvalue weighted by atomic mass is 10.1. The van der Waals surface area contributed by atoms with Crippen molar-refractivity contribution in [3.63, 3.8) is 0 Å². The number of carbonyl (C=O) groups is 1. The normalized spacial score (nSPS) is 9.85. The third-order valence-electron chi connectivity index (χ3n) is 1.52. The highest BCUT2D eigenvalue weighted by atomic mass is 31.0. The van der Waals surface area contributed by atoms with Gasteiger partial charge in [0.15, 0.2) is 5.52 Å². The summed E-state index contributed by atoms with van der Waals surface area (Å²) in [6.45, 7) is 0. The summed E-state index contributed by atoms with van der Waals surface area (Å²) in [5.74, 6) is 2.52. The number of rotatable bonds is 2.